The van der Waals surface area contributed by atoms with Crippen molar-refractivity contribution in [2.24, 2.45) is 0 Å². The van der Waals surface area contributed by atoms with Gasteiger partial charge < -0.3 is 14.5 Å². The second kappa shape index (κ2) is 7.38. The molecule has 1 saturated heterocycles. The molecule has 2 heterocycles. The van der Waals surface area contributed by atoms with E-state index in [1.54, 1.807) is 58.3 Å². The normalized spacial score (nSPS) is 15.8. The monoisotopic (exact) mass is 342 g/mol. The molecule has 1 fully saturated rings. The van der Waals surface area contributed by atoms with Crippen molar-refractivity contribution in [2.75, 3.05) is 33.3 Å². The van der Waals surface area contributed by atoms with E-state index in [9.17, 15) is 9.59 Å². The van der Waals surface area contributed by atoms with Crippen LogP contribution < -0.4 is 4.74 Å². The summed E-state index contributed by atoms with van der Waals surface area (Å²) in [6, 6.07) is 8.59. The minimum absolute atomic E-state index is 0.0252. The molecule has 3 rings (SSSR count). The first-order valence-electron chi connectivity index (χ1n) is 8.31. The van der Waals surface area contributed by atoms with Crippen molar-refractivity contribution in [3.8, 4) is 5.75 Å². The van der Waals surface area contributed by atoms with Gasteiger partial charge in [0.2, 0.25) is 5.91 Å². The summed E-state index contributed by atoms with van der Waals surface area (Å²) in [5.74, 6) is 0.649. The van der Waals surface area contributed by atoms with Crippen molar-refractivity contribution >= 4 is 11.8 Å². The Morgan fingerprint density at radius 3 is 2.48 bits per heavy atom. The maximum atomic E-state index is 12.6. The molecule has 7 heteroatoms. The molecule has 0 aliphatic carbocycles. The summed E-state index contributed by atoms with van der Waals surface area (Å²) in [7, 11) is 1.58. The lowest BCUT2D eigenvalue weighted by molar-refractivity contribution is -0.136. The van der Waals surface area contributed by atoms with Gasteiger partial charge in [0.15, 0.2) is 0 Å². The Hall–Kier alpha value is -2.83. The Kier molecular flexibility index (Phi) is 5.02. The molecule has 1 atom stereocenters. The van der Waals surface area contributed by atoms with Crippen LogP contribution in [-0.4, -0.2) is 64.7 Å². The van der Waals surface area contributed by atoms with E-state index < -0.39 is 0 Å². The van der Waals surface area contributed by atoms with Crippen molar-refractivity contribution in [3.05, 3.63) is 48.3 Å². The topological polar surface area (TPSA) is 67.7 Å². The van der Waals surface area contributed by atoms with Gasteiger partial charge >= 0.3 is 0 Å². The third-order valence-corrected chi connectivity index (χ3v) is 4.47. The second-order valence-corrected chi connectivity index (χ2v) is 6.01. The maximum Gasteiger partial charge on any atom is 0.254 e. The zero-order valence-corrected chi connectivity index (χ0v) is 14.5. The van der Waals surface area contributed by atoms with Crippen LogP contribution in [0.25, 0.3) is 0 Å². The Morgan fingerprint density at radius 1 is 1.12 bits per heavy atom. The first-order valence-corrected chi connectivity index (χ1v) is 8.31. The molecule has 0 N–H and O–H groups in total. The van der Waals surface area contributed by atoms with Gasteiger partial charge in [-0.1, -0.05) is 6.07 Å². The first kappa shape index (κ1) is 17.0. The van der Waals surface area contributed by atoms with Gasteiger partial charge in [0.1, 0.15) is 11.8 Å². The molecule has 7 nitrogen and oxygen atoms in total. The second-order valence-electron chi connectivity index (χ2n) is 6.01. The van der Waals surface area contributed by atoms with Gasteiger partial charge in [0.05, 0.1) is 7.11 Å². The Balaban J connectivity index is 1.59. The number of nitrogens with zero attached hydrogens (tertiary/aromatic N) is 4. The minimum atomic E-state index is -0.337. The minimum Gasteiger partial charge on any atom is -0.497 e. The third kappa shape index (κ3) is 3.65. The average Bonchev–Trinajstić information content (AvgIpc) is 3.21. The number of aromatic nitrogens is 2. The van der Waals surface area contributed by atoms with Gasteiger partial charge in [-0.05, 0) is 31.2 Å². The number of amides is 2. The van der Waals surface area contributed by atoms with E-state index in [4.69, 9.17) is 4.74 Å². The van der Waals surface area contributed by atoms with Crippen LogP contribution in [0, 0.1) is 0 Å². The van der Waals surface area contributed by atoms with E-state index in [2.05, 4.69) is 5.10 Å². The number of hydrogen-bond donors (Lipinski definition) is 0. The van der Waals surface area contributed by atoms with Gasteiger partial charge in [-0.2, -0.15) is 5.10 Å². The number of benzene rings is 1. The molecule has 0 bridgehead atoms. The van der Waals surface area contributed by atoms with Crippen molar-refractivity contribution in [3.63, 3.8) is 0 Å². The van der Waals surface area contributed by atoms with E-state index in [1.165, 1.54) is 0 Å². The third-order valence-electron chi connectivity index (χ3n) is 4.47. The number of carbonyl (C=O) groups excluding carboxylic acids is 2. The fraction of sp³-hybridized carbons (Fsp3) is 0.389. The predicted octanol–water partition coefficient (Wildman–Crippen LogP) is 1.44. The van der Waals surface area contributed by atoms with E-state index in [1.807, 2.05) is 13.0 Å². The summed E-state index contributed by atoms with van der Waals surface area (Å²) in [5, 5.41) is 4.12. The lowest BCUT2D eigenvalue weighted by Gasteiger charge is -2.36. The quantitative estimate of drug-likeness (QED) is 0.843. The van der Waals surface area contributed by atoms with Crippen LogP contribution in [-0.2, 0) is 4.79 Å². The summed E-state index contributed by atoms with van der Waals surface area (Å²) in [5.41, 5.74) is 0.601. The molecule has 1 aliphatic rings. The standard InChI is InChI=1S/C18H22N4O3/c1-14(22-8-4-7-19-22)17(23)20-9-11-21(12-10-20)18(24)15-5-3-6-16(13-15)25-2/h3-8,13-14H,9-12H2,1-2H3/t14-/m0/s1. The van der Waals surface area contributed by atoms with Crippen LogP contribution in [0.3, 0.4) is 0 Å². The molecule has 2 amide bonds. The van der Waals surface area contributed by atoms with Crippen LogP contribution >= 0.6 is 0 Å². The molecule has 1 aromatic heterocycles. The summed E-state index contributed by atoms with van der Waals surface area (Å²) < 4.78 is 6.82. The fourth-order valence-electron chi connectivity index (χ4n) is 2.96. The first-order chi connectivity index (χ1) is 12.1. The molecule has 0 radical (unpaired) electrons. The fourth-order valence-corrected chi connectivity index (χ4v) is 2.96. The summed E-state index contributed by atoms with van der Waals surface area (Å²) in [4.78, 5) is 28.8. The van der Waals surface area contributed by atoms with Crippen LogP contribution in [0.15, 0.2) is 42.7 Å². The SMILES string of the molecule is COc1cccc(C(=O)N2CCN(C(=O)[C@H](C)n3cccn3)CC2)c1. The van der Waals surface area contributed by atoms with Crippen molar-refractivity contribution in [1.82, 2.24) is 19.6 Å². The molecule has 25 heavy (non-hydrogen) atoms. The summed E-state index contributed by atoms with van der Waals surface area (Å²) in [6.45, 7) is 3.94. The Morgan fingerprint density at radius 2 is 1.84 bits per heavy atom. The van der Waals surface area contributed by atoms with Gasteiger partial charge in [0, 0.05) is 44.1 Å². The number of ether oxygens (including phenoxy) is 1. The molecule has 1 aliphatic heterocycles. The number of methoxy groups -OCH3 is 1. The molecule has 1 aromatic carbocycles. The van der Waals surface area contributed by atoms with E-state index in [0.717, 1.165) is 0 Å². The predicted molar refractivity (Wildman–Crippen MR) is 92.4 cm³/mol. The van der Waals surface area contributed by atoms with Crippen molar-refractivity contribution < 1.29 is 14.3 Å². The molecule has 0 saturated carbocycles. The summed E-state index contributed by atoms with van der Waals surface area (Å²) in [6.07, 6.45) is 3.44. The molecule has 2 aromatic rings. The summed E-state index contributed by atoms with van der Waals surface area (Å²) >= 11 is 0. The molecular formula is C18H22N4O3. The van der Waals surface area contributed by atoms with Crippen LogP contribution in [0.4, 0.5) is 0 Å². The smallest absolute Gasteiger partial charge is 0.254 e. The molecular weight excluding hydrogens is 320 g/mol. The maximum absolute atomic E-state index is 12.6. The Bertz CT molecular complexity index is 737. The van der Waals surface area contributed by atoms with Gasteiger partial charge in [-0.15, -0.1) is 0 Å². The zero-order chi connectivity index (χ0) is 17.8. The van der Waals surface area contributed by atoms with E-state index >= 15 is 0 Å². The van der Waals surface area contributed by atoms with Gasteiger partial charge in [0.25, 0.3) is 5.91 Å². The lowest BCUT2D eigenvalue weighted by atomic mass is 10.1. The molecule has 0 unspecified atom stereocenters. The average molecular weight is 342 g/mol. The van der Waals surface area contributed by atoms with Crippen LogP contribution in [0.5, 0.6) is 5.75 Å². The van der Waals surface area contributed by atoms with Gasteiger partial charge in [-0.25, -0.2) is 0 Å². The zero-order valence-electron chi connectivity index (χ0n) is 14.5. The number of hydrogen-bond acceptors (Lipinski definition) is 4. The number of piperazine rings is 1. The number of carbonyl (C=O) groups is 2. The highest BCUT2D eigenvalue weighted by atomic mass is 16.5. The highest BCUT2D eigenvalue weighted by molar-refractivity contribution is 5.94. The van der Waals surface area contributed by atoms with Crippen molar-refractivity contribution in [1.29, 1.82) is 0 Å². The molecule has 0 spiro atoms. The van der Waals surface area contributed by atoms with E-state index in [0.29, 0.717) is 37.5 Å². The van der Waals surface area contributed by atoms with Crippen LogP contribution in [0.2, 0.25) is 0 Å². The van der Waals surface area contributed by atoms with Crippen molar-refractivity contribution in [2.45, 2.75) is 13.0 Å². The van der Waals surface area contributed by atoms with E-state index in [-0.39, 0.29) is 17.9 Å². The molecule has 132 valence electrons. The highest BCUT2D eigenvalue weighted by Crippen LogP contribution is 2.17. The largest absolute Gasteiger partial charge is 0.497 e. The highest BCUT2D eigenvalue weighted by Gasteiger charge is 2.28. The number of rotatable bonds is 4. The van der Waals surface area contributed by atoms with Crippen LogP contribution in [0.1, 0.15) is 23.3 Å². The Labute approximate surface area is 146 Å². The lowest BCUT2D eigenvalue weighted by Crippen LogP contribution is -2.51. The van der Waals surface area contributed by atoms with Gasteiger partial charge in [-0.3, -0.25) is 14.3 Å².